The molecule has 1 atom stereocenters. The molecule has 1 saturated heterocycles. The summed E-state index contributed by atoms with van der Waals surface area (Å²) in [5, 5.41) is 2.33. The van der Waals surface area contributed by atoms with Crippen molar-refractivity contribution in [1.82, 2.24) is 19.4 Å². The smallest absolute Gasteiger partial charge is 0.491 e. The molecule has 4 heterocycles. The third kappa shape index (κ3) is 6.32. The lowest BCUT2D eigenvalue weighted by molar-refractivity contribution is -0.346. The monoisotopic (exact) mass is 686 g/mol. The van der Waals surface area contributed by atoms with Crippen LogP contribution in [0.5, 0.6) is 5.75 Å². The Labute approximate surface area is 278 Å². The van der Waals surface area contributed by atoms with Gasteiger partial charge in [0.1, 0.15) is 18.2 Å². The molecule has 4 aromatic rings. The average molecular weight is 687 g/mol. The topological polar surface area (TPSA) is 86.5 Å². The SMILES string of the molecule is Cc1cc(-c2cc(Cl)ccc2OCCn2c(C)nc3c(c2=O)CC(N2CCC(OC(F)(F)F)CC2)CC32CC2)c2scc(C=O)c2n1. The number of halogens is 4. The van der Waals surface area contributed by atoms with Gasteiger partial charge < -0.3 is 4.74 Å². The zero-order valence-corrected chi connectivity index (χ0v) is 27.6. The first kappa shape index (κ1) is 32.2. The molecule has 248 valence electrons. The number of alkyl halides is 3. The molecule has 1 aromatic carbocycles. The third-order valence-electron chi connectivity index (χ3n) is 9.78. The van der Waals surface area contributed by atoms with Crippen LogP contribution >= 0.6 is 22.9 Å². The van der Waals surface area contributed by atoms with Crippen molar-refractivity contribution in [3.63, 3.8) is 0 Å². The van der Waals surface area contributed by atoms with E-state index in [9.17, 15) is 22.8 Å². The summed E-state index contributed by atoms with van der Waals surface area (Å²) in [4.78, 5) is 37.4. The Morgan fingerprint density at radius 3 is 2.60 bits per heavy atom. The van der Waals surface area contributed by atoms with Gasteiger partial charge in [-0.15, -0.1) is 24.5 Å². The summed E-state index contributed by atoms with van der Waals surface area (Å²) in [6.07, 6.45) is -0.714. The van der Waals surface area contributed by atoms with Gasteiger partial charge in [-0.3, -0.25) is 28.8 Å². The van der Waals surface area contributed by atoms with Gasteiger partial charge in [0.05, 0.1) is 34.1 Å². The third-order valence-corrected chi connectivity index (χ3v) is 11.0. The molecule has 0 amide bonds. The van der Waals surface area contributed by atoms with E-state index in [-0.39, 0.29) is 30.2 Å². The van der Waals surface area contributed by atoms with E-state index in [2.05, 4.69) is 14.6 Å². The fourth-order valence-electron chi connectivity index (χ4n) is 7.36. The number of carbonyl (C=O) groups is 1. The molecule has 1 saturated carbocycles. The molecule has 1 aliphatic heterocycles. The van der Waals surface area contributed by atoms with E-state index in [0.717, 1.165) is 52.8 Å². The second-order valence-electron chi connectivity index (χ2n) is 12.9. The van der Waals surface area contributed by atoms with Crippen LogP contribution < -0.4 is 10.3 Å². The quantitative estimate of drug-likeness (QED) is 0.184. The van der Waals surface area contributed by atoms with Crippen LogP contribution in [0.4, 0.5) is 13.2 Å². The van der Waals surface area contributed by atoms with E-state index in [1.807, 2.05) is 26.0 Å². The molecule has 1 spiro atoms. The van der Waals surface area contributed by atoms with Gasteiger partial charge in [0.15, 0.2) is 6.29 Å². The first-order valence-corrected chi connectivity index (χ1v) is 17.1. The number of aldehydes is 1. The van der Waals surface area contributed by atoms with Crippen molar-refractivity contribution in [2.75, 3.05) is 19.7 Å². The number of hydrogen-bond acceptors (Lipinski definition) is 8. The van der Waals surface area contributed by atoms with E-state index in [1.54, 1.807) is 22.1 Å². The lowest BCUT2D eigenvalue weighted by Crippen LogP contribution is -2.50. The van der Waals surface area contributed by atoms with Crippen molar-refractivity contribution in [2.45, 2.75) is 82.8 Å². The average Bonchev–Trinajstić information content (AvgIpc) is 3.67. The lowest BCUT2D eigenvalue weighted by atomic mass is 9.80. The van der Waals surface area contributed by atoms with Crippen LogP contribution in [-0.2, 0) is 23.1 Å². The Morgan fingerprint density at radius 1 is 1.13 bits per heavy atom. The van der Waals surface area contributed by atoms with Crippen LogP contribution in [0, 0.1) is 13.8 Å². The molecule has 2 aliphatic carbocycles. The molecule has 1 unspecified atom stereocenters. The highest BCUT2D eigenvalue weighted by atomic mass is 35.5. The summed E-state index contributed by atoms with van der Waals surface area (Å²) in [6.45, 7) is 5.22. The maximum atomic E-state index is 14.0. The molecule has 8 nitrogen and oxygen atoms in total. The maximum absolute atomic E-state index is 14.0. The van der Waals surface area contributed by atoms with Crippen molar-refractivity contribution >= 4 is 39.4 Å². The molecule has 47 heavy (non-hydrogen) atoms. The van der Waals surface area contributed by atoms with Gasteiger partial charge in [0.2, 0.25) is 0 Å². The highest BCUT2D eigenvalue weighted by Gasteiger charge is 2.53. The van der Waals surface area contributed by atoms with Crippen molar-refractivity contribution in [3.05, 3.63) is 73.4 Å². The van der Waals surface area contributed by atoms with Crippen LogP contribution in [-0.4, -0.2) is 63.9 Å². The van der Waals surface area contributed by atoms with Gasteiger partial charge in [0, 0.05) is 57.3 Å². The van der Waals surface area contributed by atoms with Gasteiger partial charge in [-0.05, 0) is 76.6 Å². The predicted molar refractivity (Wildman–Crippen MR) is 174 cm³/mol. The van der Waals surface area contributed by atoms with Crippen LogP contribution in [0.2, 0.25) is 5.02 Å². The lowest BCUT2D eigenvalue weighted by Gasteiger charge is -2.41. The number of aromatic nitrogens is 3. The van der Waals surface area contributed by atoms with Crippen molar-refractivity contribution in [1.29, 1.82) is 0 Å². The summed E-state index contributed by atoms with van der Waals surface area (Å²) >= 11 is 7.86. The molecule has 0 N–H and O–H groups in total. The minimum absolute atomic E-state index is 0.0769. The minimum Gasteiger partial charge on any atom is -0.491 e. The van der Waals surface area contributed by atoms with Gasteiger partial charge in [-0.1, -0.05) is 11.6 Å². The van der Waals surface area contributed by atoms with Crippen molar-refractivity contribution in [2.24, 2.45) is 0 Å². The van der Waals surface area contributed by atoms with E-state index >= 15 is 0 Å². The Kier molecular flexibility index (Phi) is 8.43. The Balaban J connectivity index is 1.11. The summed E-state index contributed by atoms with van der Waals surface area (Å²) < 4.78 is 51.4. The zero-order valence-electron chi connectivity index (χ0n) is 26.0. The Bertz CT molecular complexity index is 1910. The number of hydrogen-bond donors (Lipinski definition) is 0. The number of thiophene rings is 1. The minimum atomic E-state index is -4.63. The van der Waals surface area contributed by atoms with Crippen molar-refractivity contribution < 1.29 is 27.4 Å². The van der Waals surface area contributed by atoms with Gasteiger partial charge in [-0.2, -0.15) is 0 Å². The van der Waals surface area contributed by atoms with E-state index in [0.29, 0.717) is 65.6 Å². The zero-order chi connectivity index (χ0) is 33.1. The molecule has 0 bridgehead atoms. The molecular formula is C34H34ClF3N4O4S. The van der Waals surface area contributed by atoms with E-state index in [4.69, 9.17) is 21.3 Å². The first-order valence-electron chi connectivity index (χ1n) is 15.8. The molecule has 7 rings (SSSR count). The number of benzene rings is 1. The van der Waals surface area contributed by atoms with Crippen LogP contribution in [0.25, 0.3) is 21.3 Å². The number of pyridine rings is 1. The van der Waals surface area contributed by atoms with E-state index in [1.165, 1.54) is 11.3 Å². The summed E-state index contributed by atoms with van der Waals surface area (Å²) in [6, 6.07) is 7.41. The summed E-state index contributed by atoms with van der Waals surface area (Å²) in [5.74, 6) is 1.23. The Morgan fingerprint density at radius 2 is 1.89 bits per heavy atom. The van der Waals surface area contributed by atoms with Gasteiger partial charge >= 0.3 is 6.36 Å². The number of likely N-dealkylation sites (tertiary alicyclic amines) is 1. The largest absolute Gasteiger partial charge is 0.522 e. The van der Waals surface area contributed by atoms with Crippen LogP contribution in [0.1, 0.15) is 65.2 Å². The standard InChI is InChI=1S/C34H34ClF3N4O4S/c1-19-13-26(30-29(39-19)21(17-43)18-47-30)25-14-22(35)3-4-28(25)45-12-11-42-20(2)40-31-27(32(42)44)15-23(16-33(31)7-8-33)41-9-5-24(6-10-41)46-34(36,37)38/h3-4,13-14,17-18,23-24H,5-12,15-16H2,1-2H3. The molecule has 3 aromatic heterocycles. The second kappa shape index (κ2) is 12.3. The van der Waals surface area contributed by atoms with Gasteiger partial charge in [0.25, 0.3) is 5.56 Å². The van der Waals surface area contributed by atoms with Crippen LogP contribution in [0.15, 0.2) is 34.4 Å². The fourth-order valence-corrected chi connectivity index (χ4v) is 8.52. The summed E-state index contributed by atoms with van der Waals surface area (Å²) in [5.41, 5.74) is 4.95. The first-order chi connectivity index (χ1) is 22.4. The normalized spacial score (nSPS) is 19.7. The summed E-state index contributed by atoms with van der Waals surface area (Å²) in [7, 11) is 0. The molecule has 3 aliphatic rings. The Hall–Kier alpha value is -3.32. The highest BCUT2D eigenvalue weighted by Crippen LogP contribution is 2.55. The molecular weight excluding hydrogens is 653 g/mol. The number of rotatable bonds is 8. The predicted octanol–water partition coefficient (Wildman–Crippen LogP) is 7.03. The highest BCUT2D eigenvalue weighted by molar-refractivity contribution is 7.18. The number of piperidine rings is 1. The van der Waals surface area contributed by atoms with E-state index < -0.39 is 12.5 Å². The number of carbonyl (C=O) groups excluding carboxylic acids is 1. The maximum Gasteiger partial charge on any atom is 0.522 e. The molecule has 13 heteroatoms. The number of ether oxygens (including phenoxy) is 2. The number of aryl methyl sites for hydroxylation is 2. The van der Waals surface area contributed by atoms with Gasteiger partial charge in [-0.25, -0.2) is 4.98 Å². The number of fused-ring (bicyclic) bond motifs is 3. The number of nitrogens with zero attached hydrogens (tertiary/aromatic N) is 4. The van der Waals surface area contributed by atoms with Crippen LogP contribution in [0.3, 0.4) is 0 Å². The van der Waals surface area contributed by atoms with Crippen molar-refractivity contribution in [3.8, 4) is 16.9 Å². The molecule has 0 radical (unpaired) electrons. The fraction of sp³-hybridized carbons (Fsp3) is 0.471. The second-order valence-corrected chi connectivity index (χ2v) is 14.2. The molecule has 2 fully saturated rings.